The van der Waals surface area contributed by atoms with Crippen LogP contribution in [0, 0.1) is 11.8 Å². The molecule has 2 heterocycles. The number of aryl methyl sites for hydroxylation is 1. The summed E-state index contributed by atoms with van der Waals surface area (Å²) in [5, 5.41) is 2.98. The van der Waals surface area contributed by atoms with Crippen LogP contribution in [-0.2, 0) is 27.9 Å². The van der Waals surface area contributed by atoms with Crippen LogP contribution >= 0.6 is 0 Å². The minimum absolute atomic E-state index is 0.00485. The Labute approximate surface area is 205 Å². The van der Waals surface area contributed by atoms with E-state index in [0.717, 1.165) is 42.4 Å². The Hall–Kier alpha value is -3.17. The fourth-order valence-electron chi connectivity index (χ4n) is 4.66. The Balaban J connectivity index is 1.35. The molecule has 0 saturated heterocycles. The standard InChI is InChI=1S/C26H34N4O5/c1-29-23-8-7-22(35-16-15-34-14-13-33-2)17-24(23)30(26(29)32)18-19-3-5-20(6-4-19)25(31)28-21-9-11-27-12-10-21/h7-12,17,19-20H,3-6,13-16,18H2,1-2H3,(H,27,28,31). The van der Waals surface area contributed by atoms with E-state index in [2.05, 4.69) is 10.3 Å². The second-order valence-electron chi connectivity index (χ2n) is 9.00. The van der Waals surface area contributed by atoms with Gasteiger partial charge in [0.05, 0.1) is 30.9 Å². The van der Waals surface area contributed by atoms with E-state index < -0.39 is 0 Å². The van der Waals surface area contributed by atoms with Gasteiger partial charge in [-0.2, -0.15) is 0 Å². The van der Waals surface area contributed by atoms with Gasteiger partial charge in [0, 0.05) is 50.8 Å². The second kappa shape index (κ2) is 12.0. The van der Waals surface area contributed by atoms with Crippen molar-refractivity contribution in [3.05, 3.63) is 53.2 Å². The Morgan fingerprint density at radius 1 is 1.03 bits per heavy atom. The van der Waals surface area contributed by atoms with Crippen LogP contribution in [0.2, 0.25) is 0 Å². The third-order valence-corrected chi connectivity index (χ3v) is 6.65. The van der Waals surface area contributed by atoms with E-state index in [9.17, 15) is 9.59 Å². The first kappa shape index (κ1) is 24.9. The number of benzene rings is 1. The minimum atomic E-state index is -0.0300. The van der Waals surface area contributed by atoms with Gasteiger partial charge in [-0.1, -0.05) is 0 Å². The molecule has 0 spiro atoms. The molecule has 3 aromatic rings. The molecular weight excluding hydrogens is 448 g/mol. The highest BCUT2D eigenvalue weighted by atomic mass is 16.5. The van der Waals surface area contributed by atoms with E-state index in [1.807, 2.05) is 22.8 Å². The molecule has 0 radical (unpaired) electrons. The highest BCUT2D eigenvalue weighted by molar-refractivity contribution is 5.92. The molecule has 35 heavy (non-hydrogen) atoms. The lowest BCUT2D eigenvalue weighted by Crippen LogP contribution is -2.30. The molecule has 1 aromatic carbocycles. The van der Waals surface area contributed by atoms with Crippen molar-refractivity contribution in [2.24, 2.45) is 18.9 Å². The number of aromatic nitrogens is 3. The number of amides is 1. The summed E-state index contributed by atoms with van der Waals surface area (Å²) < 4.78 is 19.8. The number of ether oxygens (including phenoxy) is 3. The molecule has 1 aliphatic carbocycles. The molecule has 1 aliphatic rings. The van der Waals surface area contributed by atoms with Crippen LogP contribution in [0.3, 0.4) is 0 Å². The van der Waals surface area contributed by atoms with Crippen LogP contribution in [-0.4, -0.2) is 53.6 Å². The van der Waals surface area contributed by atoms with Crippen molar-refractivity contribution in [3.63, 3.8) is 0 Å². The fourth-order valence-corrected chi connectivity index (χ4v) is 4.66. The van der Waals surface area contributed by atoms with Crippen LogP contribution in [0.5, 0.6) is 5.75 Å². The molecule has 1 fully saturated rings. The van der Waals surface area contributed by atoms with E-state index in [0.29, 0.717) is 44.6 Å². The monoisotopic (exact) mass is 482 g/mol. The summed E-state index contributed by atoms with van der Waals surface area (Å²) in [4.78, 5) is 29.6. The third-order valence-electron chi connectivity index (χ3n) is 6.65. The van der Waals surface area contributed by atoms with Crippen LogP contribution in [0.1, 0.15) is 25.7 Å². The Morgan fingerprint density at radius 3 is 2.51 bits per heavy atom. The number of rotatable bonds is 11. The molecule has 1 saturated carbocycles. The summed E-state index contributed by atoms with van der Waals surface area (Å²) in [6.07, 6.45) is 6.79. The van der Waals surface area contributed by atoms with Crippen molar-refractivity contribution >= 4 is 22.6 Å². The van der Waals surface area contributed by atoms with Gasteiger partial charge in [-0.25, -0.2) is 4.79 Å². The Kier molecular flexibility index (Phi) is 8.54. The predicted molar refractivity (Wildman–Crippen MR) is 134 cm³/mol. The zero-order chi connectivity index (χ0) is 24.6. The fraction of sp³-hybridized carbons (Fsp3) is 0.500. The molecule has 0 atom stereocenters. The van der Waals surface area contributed by atoms with E-state index in [4.69, 9.17) is 14.2 Å². The predicted octanol–water partition coefficient (Wildman–Crippen LogP) is 3.22. The van der Waals surface area contributed by atoms with Gasteiger partial charge >= 0.3 is 5.69 Å². The summed E-state index contributed by atoms with van der Waals surface area (Å²) in [6.45, 7) is 2.63. The Morgan fingerprint density at radius 2 is 1.77 bits per heavy atom. The maximum Gasteiger partial charge on any atom is 0.328 e. The number of hydrogen-bond acceptors (Lipinski definition) is 6. The molecule has 1 N–H and O–H groups in total. The van der Waals surface area contributed by atoms with Crippen molar-refractivity contribution < 1.29 is 19.0 Å². The average molecular weight is 483 g/mol. The van der Waals surface area contributed by atoms with Crippen molar-refractivity contribution in [3.8, 4) is 5.75 Å². The Bertz CT molecular complexity index is 1170. The van der Waals surface area contributed by atoms with Crippen molar-refractivity contribution in [2.45, 2.75) is 32.2 Å². The number of fused-ring (bicyclic) bond motifs is 1. The number of imidazole rings is 1. The van der Waals surface area contributed by atoms with E-state index >= 15 is 0 Å². The topological polar surface area (TPSA) is 96.6 Å². The maximum absolute atomic E-state index is 13.0. The second-order valence-corrected chi connectivity index (χ2v) is 9.00. The SMILES string of the molecule is COCCOCCOc1ccc2c(c1)n(CC1CCC(C(=O)Nc3ccncc3)CC1)c(=O)n2C. The summed E-state index contributed by atoms with van der Waals surface area (Å²) in [6, 6.07) is 9.33. The summed E-state index contributed by atoms with van der Waals surface area (Å²) >= 11 is 0. The first-order chi connectivity index (χ1) is 17.1. The minimum Gasteiger partial charge on any atom is -0.491 e. The quantitative estimate of drug-likeness (QED) is 0.422. The van der Waals surface area contributed by atoms with E-state index in [1.165, 1.54) is 0 Å². The molecule has 9 nitrogen and oxygen atoms in total. The lowest BCUT2D eigenvalue weighted by Gasteiger charge is -2.28. The molecule has 4 rings (SSSR count). The van der Waals surface area contributed by atoms with Crippen LogP contribution in [0.15, 0.2) is 47.5 Å². The molecule has 0 bridgehead atoms. The normalized spacial score (nSPS) is 18.0. The van der Waals surface area contributed by atoms with Gasteiger partial charge in [0.2, 0.25) is 5.91 Å². The van der Waals surface area contributed by atoms with Crippen molar-refractivity contribution in [1.82, 2.24) is 14.1 Å². The smallest absolute Gasteiger partial charge is 0.328 e. The number of nitrogens with zero attached hydrogens (tertiary/aromatic N) is 3. The van der Waals surface area contributed by atoms with Gasteiger partial charge in [-0.3, -0.25) is 18.9 Å². The molecule has 1 amide bonds. The number of carbonyl (C=O) groups excluding carboxylic acids is 1. The molecule has 2 aromatic heterocycles. The van der Waals surface area contributed by atoms with Gasteiger partial charge < -0.3 is 19.5 Å². The number of methoxy groups -OCH3 is 1. The van der Waals surface area contributed by atoms with Crippen LogP contribution in [0.4, 0.5) is 5.69 Å². The first-order valence-electron chi connectivity index (χ1n) is 12.2. The number of carbonyl (C=O) groups is 1. The summed E-state index contributed by atoms with van der Waals surface area (Å²) in [5.74, 6) is 1.12. The maximum atomic E-state index is 13.0. The summed E-state index contributed by atoms with van der Waals surface area (Å²) in [5.41, 5.74) is 2.49. The number of nitrogens with one attached hydrogen (secondary N) is 1. The highest BCUT2D eigenvalue weighted by Gasteiger charge is 2.27. The molecular formula is C26H34N4O5. The highest BCUT2D eigenvalue weighted by Crippen LogP contribution is 2.31. The van der Waals surface area contributed by atoms with E-state index in [1.54, 1.807) is 43.3 Å². The molecule has 0 aliphatic heterocycles. The lowest BCUT2D eigenvalue weighted by atomic mass is 9.81. The van der Waals surface area contributed by atoms with E-state index in [-0.39, 0.29) is 17.5 Å². The largest absolute Gasteiger partial charge is 0.491 e. The van der Waals surface area contributed by atoms with Gasteiger partial charge in [0.1, 0.15) is 12.4 Å². The van der Waals surface area contributed by atoms with Gasteiger partial charge in [0.25, 0.3) is 0 Å². The number of hydrogen-bond donors (Lipinski definition) is 1. The van der Waals surface area contributed by atoms with Gasteiger partial charge in [-0.05, 0) is 55.9 Å². The molecule has 188 valence electrons. The van der Waals surface area contributed by atoms with Crippen LogP contribution in [0.25, 0.3) is 11.0 Å². The first-order valence-corrected chi connectivity index (χ1v) is 12.2. The van der Waals surface area contributed by atoms with Gasteiger partial charge in [0.15, 0.2) is 0 Å². The molecule has 9 heteroatoms. The zero-order valence-corrected chi connectivity index (χ0v) is 20.4. The third kappa shape index (κ3) is 6.29. The van der Waals surface area contributed by atoms with Gasteiger partial charge in [-0.15, -0.1) is 0 Å². The summed E-state index contributed by atoms with van der Waals surface area (Å²) in [7, 11) is 3.44. The molecule has 0 unspecified atom stereocenters. The average Bonchev–Trinajstić information content (AvgIpc) is 3.11. The van der Waals surface area contributed by atoms with Crippen molar-refractivity contribution in [2.75, 3.05) is 38.9 Å². The van der Waals surface area contributed by atoms with Crippen molar-refractivity contribution in [1.29, 1.82) is 0 Å². The van der Waals surface area contributed by atoms with Crippen LogP contribution < -0.4 is 15.7 Å². The number of anilines is 1. The zero-order valence-electron chi connectivity index (χ0n) is 20.4. The number of pyridine rings is 1. The lowest BCUT2D eigenvalue weighted by molar-refractivity contribution is -0.121.